The summed E-state index contributed by atoms with van der Waals surface area (Å²) in [5.41, 5.74) is 1.91. The first-order chi connectivity index (χ1) is 9.19. The molecule has 1 aromatic rings. The van der Waals surface area contributed by atoms with Crippen molar-refractivity contribution in [1.29, 1.82) is 0 Å². The molecule has 2 aliphatic heterocycles. The van der Waals surface area contributed by atoms with Crippen molar-refractivity contribution in [2.75, 3.05) is 19.7 Å². The lowest BCUT2D eigenvalue weighted by molar-refractivity contribution is -0.0522. The molecule has 0 aliphatic carbocycles. The molecule has 0 unspecified atom stereocenters. The molecule has 5 nitrogen and oxygen atoms in total. The van der Waals surface area contributed by atoms with Crippen LogP contribution in [0.1, 0.15) is 36.5 Å². The average molecular weight is 261 g/mol. The lowest BCUT2D eigenvalue weighted by Crippen LogP contribution is -2.48. The third kappa shape index (κ3) is 2.42. The van der Waals surface area contributed by atoms with Crippen LogP contribution < -0.4 is 0 Å². The molecular weight excluding hydrogens is 242 g/mol. The van der Waals surface area contributed by atoms with Crippen molar-refractivity contribution >= 4 is 5.91 Å². The van der Waals surface area contributed by atoms with Crippen LogP contribution in [0, 0.1) is 0 Å². The van der Waals surface area contributed by atoms with Gasteiger partial charge in [-0.15, -0.1) is 0 Å². The van der Waals surface area contributed by atoms with E-state index in [1.807, 2.05) is 4.90 Å². The molecule has 0 aromatic carbocycles. The second-order valence-corrected chi connectivity index (χ2v) is 5.43. The molecule has 3 heterocycles. The fraction of sp³-hybridized carbons (Fsp3) is 0.571. The van der Waals surface area contributed by atoms with Gasteiger partial charge in [0.2, 0.25) is 0 Å². The van der Waals surface area contributed by atoms with E-state index in [1.165, 1.54) is 5.57 Å². The van der Waals surface area contributed by atoms with Gasteiger partial charge in [-0.25, -0.2) is 0 Å². The summed E-state index contributed by atoms with van der Waals surface area (Å²) in [7, 11) is 0. The number of hydrogen-bond donors (Lipinski definition) is 1. The zero-order valence-electron chi connectivity index (χ0n) is 11.2. The second-order valence-electron chi connectivity index (χ2n) is 5.43. The summed E-state index contributed by atoms with van der Waals surface area (Å²) in [4.78, 5) is 14.1. The monoisotopic (exact) mass is 261 g/mol. The van der Waals surface area contributed by atoms with Crippen LogP contribution in [0.5, 0.6) is 0 Å². The highest BCUT2D eigenvalue weighted by Crippen LogP contribution is 2.33. The van der Waals surface area contributed by atoms with Gasteiger partial charge < -0.3 is 9.64 Å². The summed E-state index contributed by atoms with van der Waals surface area (Å²) in [6.45, 7) is 4.45. The molecular formula is C14H19N3O2. The topological polar surface area (TPSA) is 58.2 Å². The van der Waals surface area contributed by atoms with Gasteiger partial charge in [-0.3, -0.25) is 9.89 Å². The van der Waals surface area contributed by atoms with Crippen molar-refractivity contribution in [3.8, 4) is 0 Å². The summed E-state index contributed by atoms with van der Waals surface area (Å²) < 4.78 is 5.96. The van der Waals surface area contributed by atoms with Crippen LogP contribution in [0.3, 0.4) is 0 Å². The van der Waals surface area contributed by atoms with E-state index in [0.717, 1.165) is 39.0 Å². The van der Waals surface area contributed by atoms with Crippen molar-refractivity contribution in [3.05, 3.63) is 29.6 Å². The molecule has 1 spiro atoms. The Morgan fingerprint density at radius 3 is 2.89 bits per heavy atom. The number of likely N-dealkylation sites (tertiary alicyclic amines) is 1. The van der Waals surface area contributed by atoms with Crippen LogP contribution in [-0.2, 0) is 4.74 Å². The molecule has 19 heavy (non-hydrogen) atoms. The highest BCUT2D eigenvalue weighted by Gasteiger charge is 2.36. The number of hydrogen-bond acceptors (Lipinski definition) is 3. The summed E-state index contributed by atoms with van der Waals surface area (Å²) in [6, 6.07) is 0. The van der Waals surface area contributed by atoms with E-state index in [9.17, 15) is 4.79 Å². The Labute approximate surface area is 112 Å². The molecule has 3 rings (SSSR count). The van der Waals surface area contributed by atoms with Gasteiger partial charge in [0, 0.05) is 19.3 Å². The maximum absolute atomic E-state index is 12.2. The van der Waals surface area contributed by atoms with Crippen LogP contribution in [0.2, 0.25) is 0 Å². The molecule has 1 saturated heterocycles. The fourth-order valence-corrected chi connectivity index (χ4v) is 2.91. The van der Waals surface area contributed by atoms with Crippen LogP contribution in [-0.4, -0.2) is 46.3 Å². The van der Waals surface area contributed by atoms with E-state index in [4.69, 9.17) is 4.74 Å². The van der Waals surface area contributed by atoms with Gasteiger partial charge in [-0.2, -0.15) is 5.10 Å². The van der Waals surface area contributed by atoms with E-state index >= 15 is 0 Å². The van der Waals surface area contributed by atoms with Crippen LogP contribution in [0.25, 0.3) is 0 Å². The molecule has 1 aromatic heterocycles. The van der Waals surface area contributed by atoms with E-state index < -0.39 is 0 Å². The Hall–Kier alpha value is -1.62. The minimum atomic E-state index is -0.129. The summed E-state index contributed by atoms with van der Waals surface area (Å²) >= 11 is 0. The molecule has 102 valence electrons. The maximum atomic E-state index is 12.2. The molecule has 1 fully saturated rings. The van der Waals surface area contributed by atoms with Gasteiger partial charge in [0.1, 0.15) is 0 Å². The Kier molecular flexibility index (Phi) is 3.14. The largest absolute Gasteiger partial charge is 0.370 e. The predicted molar refractivity (Wildman–Crippen MR) is 70.8 cm³/mol. The second kappa shape index (κ2) is 4.81. The smallest absolute Gasteiger partial charge is 0.257 e. The normalized spacial score (nSPS) is 22.4. The number of ether oxygens (including phenoxy) is 1. The third-order valence-corrected chi connectivity index (χ3v) is 4.04. The van der Waals surface area contributed by atoms with E-state index in [-0.39, 0.29) is 11.5 Å². The Bertz CT molecular complexity index is 485. The minimum absolute atomic E-state index is 0.0557. The molecule has 1 N–H and O–H groups in total. The predicted octanol–water partition coefficient (Wildman–Crippen LogP) is 1.75. The Morgan fingerprint density at radius 2 is 2.26 bits per heavy atom. The molecule has 2 aliphatic rings. The molecule has 0 atom stereocenters. The highest BCUT2D eigenvalue weighted by molar-refractivity contribution is 5.93. The van der Waals surface area contributed by atoms with E-state index in [1.54, 1.807) is 12.4 Å². The zero-order chi connectivity index (χ0) is 13.3. The van der Waals surface area contributed by atoms with Crippen molar-refractivity contribution in [2.45, 2.75) is 31.8 Å². The molecule has 0 radical (unpaired) electrons. The average Bonchev–Trinajstić information content (AvgIpc) is 2.92. The third-order valence-electron chi connectivity index (χ3n) is 4.04. The first kappa shape index (κ1) is 12.4. The zero-order valence-corrected chi connectivity index (χ0v) is 11.2. The van der Waals surface area contributed by atoms with Crippen molar-refractivity contribution in [1.82, 2.24) is 15.1 Å². The van der Waals surface area contributed by atoms with Gasteiger partial charge >= 0.3 is 0 Å². The Balaban J connectivity index is 1.66. The first-order valence-corrected chi connectivity index (χ1v) is 6.79. The molecule has 5 heteroatoms. The number of carbonyl (C=O) groups is 1. The summed E-state index contributed by atoms with van der Waals surface area (Å²) in [6.07, 6.45) is 8.28. The number of piperidine rings is 1. The van der Waals surface area contributed by atoms with E-state index in [2.05, 4.69) is 23.2 Å². The molecule has 0 saturated carbocycles. The number of amides is 1. The van der Waals surface area contributed by atoms with Gasteiger partial charge in [0.25, 0.3) is 5.91 Å². The number of aromatic nitrogens is 2. The van der Waals surface area contributed by atoms with Gasteiger partial charge in [0.15, 0.2) is 0 Å². The lowest BCUT2D eigenvalue weighted by atomic mass is 9.87. The Morgan fingerprint density at radius 1 is 1.47 bits per heavy atom. The highest BCUT2D eigenvalue weighted by atomic mass is 16.5. The van der Waals surface area contributed by atoms with Crippen LogP contribution in [0.15, 0.2) is 24.0 Å². The van der Waals surface area contributed by atoms with Crippen molar-refractivity contribution in [3.63, 3.8) is 0 Å². The quantitative estimate of drug-likeness (QED) is 0.784. The minimum Gasteiger partial charge on any atom is -0.370 e. The summed E-state index contributed by atoms with van der Waals surface area (Å²) in [5.74, 6) is 0.0557. The van der Waals surface area contributed by atoms with Gasteiger partial charge in [-0.1, -0.05) is 11.6 Å². The standard InChI is InChI=1S/C14H19N3O2/c1-11-2-7-19-14(8-11)3-5-17(6-4-14)13(18)12-9-15-16-10-12/h8-10H,2-7H2,1H3,(H,15,16). The van der Waals surface area contributed by atoms with Gasteiger partial charge in [-0.05, 0) is 26.2 Å². The van der Waals surface area contributed by atoms with Crippen molar-refractivity contribution < 1.29 is 9.53 Å². The maximum Gasteiger partial charge on any atom is 0.257 e. The molecule has 1 amide bonds. The number of rotatable bonds is 1. The van der Waals surface area contributed by atoms with Crippen molar-refractivity contribution in [2.24, 2.45) is 0 Å². The SMILES string of the molecule is CC1=CC2(CCN(C(=O)c3cn[nH]c3)CC2)OCC1. The number of aromatic amines is 1. The van der Waals surface area contributed by atoms with Crippen LogP contribution in [0.4, 0.5) is 0 Å². The van der Waals surface area contributed by atoms with Crippen LogP contribution >= 0.6 is 0 Å². The molecule has 0 bridgehead atoms. The number of nitrogens with zero attached hydrogens (tertiary/aromatic N) is 2. The first-order valence-electron chi connectivity index (χ1n) is 6.79. The fourth-order valence-electron chi connectivity index (χ4n) is 2.91. The van der Waals surface area contributed by atoms with Gasteiger partial charge in [0.05, 0.1) is 24.0 Å². The summed E-state index contributed by atoms with van der Waals surface area (Å²) in [5, 5.41) is 6.51. The van der Waals surface area contributed by atoms with E-state index in [0.29, 0.717) is 5.56 Å². The number of carbonyl (C=O) groups excluding carboxylic acids is 1. The number of nitrogens with one attached hydrogen (secondary N) is 1. The lowest BCUT2D eigenvalue weighted by Gasteiger charge is -2.42. The number of H-pyrrole nitrogens is 1.